The molecule has 1 fully saturated rings. The standard InChI is InChI=1S/C24H22N4O5/c25-23(30)18-11-21(13-26-12-18)33-14-16-2-1-3-19(10-16)27-24(31)17-4-6-20(7-5-17)28-8-9-32-15-22(28)29/h1-7,10-13H,8-9,14-15H2,(H2,25,30)(H,27,31). The summed E-state index contributed by atoms with van der Waals surface area (Å²) in [5.41, 5.74) is 8.15. The van der Waals surface area contributed by atoms with Crippen LogP contribution in [0.3, 0.4) is 0 Å². The van der Waals surface area contributed by atoms with Crippen LogP contribution in [0.25, 0.3) is 0 Å². The van der Waals surface area contributed by atoms with E-state index in [1.54, 1.807) is 47.4 Å². The first-order valence-corrected chi connectivity index (χ1v) is 10.3. The van der Waals surface area contributed by atoms with Crippen LogP contribution in [0.15, 0.2) is 67.0 Å². The van der Waals surface area contributed by atoms with Gasteiger partial charge in [-0.3, -0.25) is 19.4 Å². The maximum atomic E-state index is 12.7. The van der Waals surface area contributed by atoms with E-state index in [-0.39, 0.29) is 30.6 Å². The Kier molecular flexibility index (Phi) is 6.61. The number of rotatable bonds is 7. The van der Waals surface area contributed by atoms with Crippen molar-refractivity contribution >= 4 is 29.1 Å². The van der Waals surface area contributed by atoms with Crippen LogP contribution in [-0.4, -0.2) is 42.5 Å². The number of carbonyl (C=O) groups excluding carboxylic acids is 3. The topological polar surface area (TPSA) is 124 Å². The number of primary amides is 1. The number of nitrogens with zero attached hydrogens (tertiary/aromatic N) is 2. The number of pyridine rings is 1. The molecule has 0 bridgehead atoms. The highest BCUT2D eigenvalue weighted by Crippen LogP contribution is 2.19. The Morgan fingerprint density at radius 2 is 1.91 bits per heavy atom. The van der Waals surface area contributed by atoms with Gasteiger partial charge < -0.3 is 25.4 Å². The molecule has 2 aromatic carbocycles. The summed E-state index contributed by atoms with van der Waals surface area (Å²) < 4.78 is 10.8. The zero-order chi connectivity index (χ0) is 23.2. The summed E-state index contributed by atoms with van der Waals surface area (Å²) in [7, 11) is 0. The fourth-order valence-electron chi connectivity index (χ4n) is 3.33. The minimum absolute atomic E-state index is 0.0649. The first-order chi connectivity index (χ1) is 16.0. The maximum Gasteiger partial charge on any atom is 0.255 e. The van der Waals surface area contributed by atoms with Crippen molar-refractivity contribution in [1.29, 1.82) is 0 Å². The van der Waals surface area contributed by atoms with Gasteiger partial charge in [-0.1, -0.05) is 12.1 Å². The van der Waals surface area contributed by atoms with E-state index in [1.165, 1.54) is 18.5 Å². The van der Waals surface area contributed by atoms with Gasteiger partial charge in [0, 0.05) is 29.7 Å². The summed E-state index contributed by atoms with van der Waals surface area (Å²) in [6, 6.07) is 15.6. The Morgan fingerprint density at radius 3 is 2.67 bits per heavy atom. The number of ether oxygens (including phenoxy) is 2. The van der Waals surface area contributed by atoms with E-state index in [9.17, 15) is 14.4 Å². The monoisotopic (exact) mass is 446 g/mol. The quantitative estimate of drug-likeness (QED) is 0.574. The zero-order valence-electron chi connectivity index (χ0n) is 17.7. The summed E-state index contributed by atoms with van der Waals surface area (Å²) in [6.45, 7) is 1.26. The second-order valence-corrected chi connectivity index (χ2v) is 7.36. The van der Waals surface area contributed by atoms with Crippen LogP contribution >= 0.6 is 0 Å². The van der Waals surface area contributed by atoms with Gasteiger partial charge in [0.05, 0.1) is 18.4 Å². The smallest absolute Gasteiger partial charge is 0.255 e. The van der Waals surface area contributed by atoms with Crippen LogP contribution < -0.4 is 20.7 Å². The van der Waals surface area contributed by atoms with Gasteiger partial charge >= 0.3 is 0 Å². The molecule has 0 atom stereocenters. The van der Waals surface area contributed by atoms with Crippen LogP contribution in [-0.2, 0) is 16.1 Å². The number of amides is 3. The van der Waals surface area contributed by atoms with Gasteiger partial charge in [-0.15, -0.1) is 0 Å². The average Bonchev–Trinajstić information content (AvgIpc) is 2.83. The normalized spacial score (nSPS) is 13.5. The highest BCUT2D eigenvalue weighted by atomic mass is 16.5. The third kappa shape index (κ3) is 5.52. The number of nitrogens with two attached hydrogens (primary N) is 1. The number of nitrogens with one attached hydrogen (secondary N) is 1. The molecule has 0 spiro atoms. The summed E-state index contributed by atoms with van der Waals surface area (Å²) in [6.07, 6.45) is 2.86. The van der Waals surface area contributed by atoms with E-state index in [4.69, 9.17) is 15.2 Å². The lowest BCUT2D eigenvalue weighted by Crippen LogP contribution is -2.41. The zero-order valence-corrected chi connectivity index (χ0v) is 17.7. The van der Waals surface area contributed by atoms with Gasteiger partial charge in [-0.25, -0.2) is 0 Å². The molecular weight excluding hydrogens is 424 g/mol. The van der Waals surface area contributed by atoms with Gasteiger partial charge in [0.1, 0.15) is 19.0 Å². The fraction of sp³-hybridized carbons (Fsp3) is 0.167. The molecule has 168 valence electrons. The molecule has 1 aromatic heterocycles. The Hall–Kier alpha value is -4.24. The van der Waals surface area contributed by atoms with Crippen LogP contribution in [0.5, 0.6) is 5.75 Å². The van der Waals surface area contributed by atoms with Crippen LogP contribution in [0.4, 0.5) is 11.4 Å². The average molecular weight is 446 g/mol. The van der Waals surface area contributed by atoms with E-state index in [0.29, 0.717) is 30.2 Å². The molecule has 9 nitrogen and oxygen atoms in total. The summed E-state index contributed by atoms with van der Waals surface area (Å²) in [5.74, 6) is -0.539. The van der Waals surface area contributed by atoms with E-state index in [2.05, 4.69) is 10.3 Å². The van der Waals surface area contributed by atoms with Crippen molar-refractivity contribution in [2.24, 2.45) is 5.73 Å². The lowest BCUT2D eigenvalue weighted by Gasteiger charge is -2.26. The van der Waals surface area contributed by atoms with Gasteiger partial charge in [0.2, 0.25) is 5.91 Å². The highest BCUT2D eigenvalue weighted by molar-refractivity contribution is 6.05. The van der Waals surface area contributed by atoms with Gasteiger partial charge in [0.15, 0.2) is 0 Å². The summed E-state index contributed by atoms with van der Waals surface area (Å²) in [4.78, 5) is 41.5. The summed E-state index contributed by atoms with van der Waals surface area (Å²) in [5, 5.41) is 2.86. The van der Waals surface area contributed by atoms with Gasteiger partial charge in [-0.05, 0) is 48.0 Å². The lowest BCUT2D eigenvalue weighted by atomic mass is 10.1. The fourth-order valence-corrected chi connectivity index (χ4v) is 3.33. The molecule has 1 aliphatic rings. The first kappa shape index (κ1) is 22.0. The molecule has 0 aliphatic carbocycles. The number of aromatic nitrogens is 1. The molecule has 3 amide bonds. The minimum Gasteiger partial charge on any atom is -0.487 e. The Labute approximate surface area is 190 Å². The van der Waals surface area contributed by atoms with Crippen molar-refractivity contribution in [1.82, 2.24) is 4.98 Å². The lowest BCUT2D eigenvalue weighted by molar-refractivity contribution is -0.125. The minimum atomic E-state index is -0.581. The third-order valence-electron chi connectivity index (χ3n) is 5.02. The molecule has 1 saturated heterocycles. The van der Waals surface area contributed by atoms with Crippen LogP contribution in [0.2, 0.25) is 0 Å². The van der Waals surface area contributed by atoms with Gasteiger partial charge in [0.25, 0.3) is 11.8 Å². The summed E-state index contributed by atoms with van der Waals surface area (Å²) >= 11 is 0. The van der Waals surface area contributed by atoms with Crippen molar-refractivity contribution in [3.8, 4) is 5.75 Å². The second kappa shape index (κ2) is 9.92. The molecule has 3 aromatic rings. The number of hydrogen-bond acceptors (Lipinski definition) is 6. The molecule has 33 heavy (non-hydrogen) atoms. The van der Waals surface area contributed by atoms with E-state index < -0.39 is 5.91 Å². The van der Waals surface area contributed by atoms with Crippen molar-refractivity contribution in [2.75, 3.05) is 30.0 Å². The van der Waals surface area contributed by atoms with Crippen LogP contribution in [0, 0.1) is 0 Å². The number of morpholine rings is 1. The van der Waals surface area contributed by atoms with E-state index in [0.717, 1.165) is 11.3 Å². The molecule has 0 radical (unpaired) electrons. The number of hydrogen-bond donors (Lipinski definition) is 2. The molecule has 0 saturated carbocycles. The number of benzene rings is 2. The molecule has 0 unspecified atom stereocenters. The molecule has 2 heterocycles. The Balaban J connectivity index is 1.37. The maximum absolute atomic E-state index is 12.7. The predicted molar refractivity (Wildman–Crippen MR) is 121 cm³/mol. The van der Waals surface area contributed by atoms with Crippen molar-refractivity contribution in [3.63, 3.8) is 0 Å². The van der Waals surface area contributed by atoms with Crippen molar-refractivity contribution in [3.05, 3.63) is 83.7 Å². The first-order valence-electron chi connectivity index (χ1n) is 10.3. The Morgan fingerprint density at radius 1 is 1.09 bits per heavy atom. The molecule has 3 N–H and O–H groups in total. The molecular formula is C24H22N4O5. The third-order valence-corrected chi connectivity index (χ3v) is 5.02. The predicted octanol–water partition coefficient (Wildman–Crippen LogP) is 2.38. The second-order valence-electron chi connectivity index (χ2n) is 7.36. The van der Waals surface area contributed by atoms with E-state index in [1.807, 2.05) is 6.07 Å². The van der Waals surface area contributed by atoms with Gasteiger partial charge in [-0.2, -0.15) is 0 Å². The van der Waals surface area contributed by atoms with E-state index >= 15 is 0 Å². The number of carbonyl (C=O) groups is 3. The van der Waals surface area contributed by atoms with Crippen LogP contribution in [0.1, 0.15) is 26.3 Å². The number of anilines is 2. The highest BCUT2D eigenvalue weighted by Gasteiger charge is 2.20. The molecule has 4 rings (SSSR count). The largest absolute Gasteiger partial charge is 0.487 e. The Bertz CT molecular complexity index is 1180. The SMILES string of the molecule is NC(=O)c1cncc(OCc2cccc(NC(=O)c3ccc(N4CCOCC4=O)cc3)c2)c1. The van der Waals surface area contributed by atoms with Crippen molar-refractivity contribution < 1.29 is 23.9 Å². The molecule has 1 aliphatic heterocycles. The van der Waals surface area contributed by atoms with Crippen molar-refractivity contribution in [2.45, 2.75) is 6.61 Å². The molecule has 9 heteroatoms.